The lowest BCUT2D eigenvalue weighted by Crippen LogP contribution is -2.42. The number of rotatable bonds is 8. The summed E-state index contributed by atoms with van der Waals surface area (Å²) in [4.78, 5) is 2.51. The Morgan fingerprint density at radius 1 is 1.12 bits per heavy atom. The molecule has 25 heavy (non-hydrogen) atoms. The molecular formula is C22H41NO2. The zero-order valence-corrected chi connectivity index (χ0v) is 17.1. The molecule has 146 valence electrons. The molecule has 0 radical (unpaired) electrons. The minimum Gasteiger partial charge on any atom is -0.392 e. The van der Waals surface area contributed by atoms with Crippen LogP contribution in [0.1, 0.15) is 85.5 Å². The van der Waals surface area contributed by atoms with Gasteiger partial charge in [-0.2, -0.15) is 0 Å². The number of aliphatic hydroxyl groups is 1. The van der Waals surface area contributed by atoms with Gasteiger partial charge in [-0.05, 0) is 61.8 Å². The zero-order valence-electron chi connectivity index (χ0n) is 17.1. The first kappa shape index (κ1) is 19.6. The predicted molar refractivity (Wildman–Crippen MR) is 104 cm³/mol. The first-order valence-electron chi connectivity index (χ1n) is 10.9. The van der Waals surface area contributed by atoms with Crippen molar-refractivity contribution in [1.29, 1.82) is 0 Å². The molecule has 0 spiro atoms. The lowest BCUT2D eigenvalue weighted by atomic mass is 9.70. The first-order chi connectivity index (χ1) is 11.9. The van der Waals surface area contributed by atoms with Crippen LogP contribution in [0.5, 0.6) is 0 Å². The van der Waals surface area contributed by atoms with Crippen LogP contribution in [0.3, 0.4) is 0 Å². The molecule has 2 bridgehead atoms. The van der Waals surface area contributed by atoms with Crippen LogP contribution in [-0.2, 0) is 4.74 Å². The third kappa shape index (κ3) is 3.80. The molecule has 0 amide bonds. The molecule has 4 atom stereocenters. The summed E-state index contributed by atoms with van der Waals surface area (Å²) in [6, 6.07) is 0.694. The van der Waals surface area contributed by atoms with Crippen LogP contribution < -0.4 is 0 Å². The topological polar surface area (TPSA) is 32.7 Å². The highest BCUT2D eigenvalue weighted by Gasteiger charge is 2.61. The molecule has 3 rings (SSSR count). The maximum atomic E-state index is 10.5. The highest BCUT2D eigenvalue weighted by atomic mass is 16.5. The quantitative estimate of drug-likeness (QED) is 0.692. The minimum absolute atomic E-state index is 0.249. The molecule has 0 heterocycles. The van der Waals surface area contributed by atoms with Crippen molar-refractivity contribution in [2.45, 2.75) is 104 Å². The van der Waals surface area contributed by atoms with Gasteiger partial charge in [0.15, 0.2) is 0 Å². The summed E-state index contributed by atoms with van der Waals surface area (Å²) < 4.78 is 6.33. The van der Waals surface area contributed by atoms with Crippen LogP contribution in [0.25, 0.3) is 0 Å². The van der Waals surface area contributed by atoms with Gasteiger partial charge in [0.2, 0.25) is 0 Å². The van der Waals surface area contributed by atoms with E-state index in [-0.39, 0.29) is 6.10 Å². The molecule has 0 aromatic carbocycles. The van der Waals surface area contributed by atoms with Crippen molar-refractivity contribution < 1.29 is 9.84 Å². The van der Waals surface area contributed by atoms with E-state index in [1.165, 1.54) is 51.4 Å². The Bertz CT molecular complexity index is 432. The summed E-state index contributed by atoms with van der Waals surface area (Å²) in [5, 5.41) is 10.5. The fraction of sp³-hybridized carbons (Fsp3) is 1.00. The smallest absolute Gasteiger partial charge is 0.0689 e. The van der Waals surface area contributed by atoms with Crippen LogP contribution in [0.2, 0.25) is 0 Å². The molecule has 0 saturated heterocycles. The third-order valence-electron chi connectivity index (χ3n) is 8.43. The van der Waals surface area contributed by atoms with Crippen molar-refractivity contribution in [3.05, 3.63) is 0 Å². The maximum Gasteiger partial charge on any atom is 0.0689 e. The zero-order chi connectivity index (χ0) is 18.1. The van der Waals surface area contributed by atoms with E-state index in [1.807, 2.05) is 0 Å². The Morgan fingerprint density at radius 2 is 1.84 bits per heavy atom. The number of hydrogen-bond donors (Lipinski definition) is 1. The van der Waals surface area contributed by atoms with Gasteiger partial charge >= 0.3 is 0 Å². The average Bonchev–Trinajstić information content (AvgIpc) is 2.94. The minimum atomic E-state index is -0.249. The van der Waals surface area contributed by atoms with Crippen LogP contribution in [0.15, 0.2) is 0 Å². The van der Waals surface area contributed by atoms with Gasteiger partial charge in [0.1, 0.15) is 0 Å². The number of ether oxygens (including phenoxy) is 1. The van der Waals surface area contributed by atoms with Gasteiger partial charge in [0.05, 0.1) is 12.2 Å². The molecule has 3 fully saturated rings. The number of aliphatic hydroxyl groups excluding tert-OH is 1. The van der Waals surface area contributed by atoms with E-state index in [9.17, 15) is 5.11 Å². The number of likely N-dealkylation sites (N-methyl/N-ethyl adjacent to an activating group) is 1. The molecule has 3 saturated carbocycles. The highest BCUT2D eigenvalue weighted by Crippen LogP contribution is 2.66. The fourth-order valence-corrected chi connectivity index (χ4v) is 6.07. The molecule has 3 nitrogen and oxygen atoms in total. The third-order valence-corrected chi connectivity index (χ3v) is 8.43. The van der Waals surface area contributed by atoms with Crippen molar-refractivity contribution in [2.75, 3.05) is 19.7 Å². The van der Waals surface area contributed by atoms with Crippen LogP contribution in [0, 0.1) is 16.7 Å². The molecule has 0 unspecified atom stereocenters. The fourth-order valence-electron chi connectivity index (χ4n) is 6.07. The largest absolute Gasteiger partial charge is 0.392 e. The molecular weight excluding hydrogens is 310 g/mol. The monoisotopic (exact) mass is 351 g/mol. The summed E-state index contributed by atoms with van der Waals surface area (Å²) in [6.45, 7) is 12.1. The van der Waals surface area contributed by atoms with E-state index in [0.717, 1.165) is 25.4 Å². The van der Waals surface area contributed by atoms with Crippen LogP contribution in [0.4, 0.5) is 0 Å². The van der Waals surface area contributed by atoms with Crippen molar-refractivity contribution in [3.8, 4) is 0 Å². The summed E-state index contributed by atoms with van der Waals surface area (Å²) in [5.41, 5.74) is 0.746. The Kier molecular flexibility index (Phi) is 6.17. The number of nitrogens with zero attached hydrogens (tertiary/aromatic N) is 1. The van der Waals surface area contributed by atoms with E-state index in [0.29, 0.717) is 29.6 Å². The molecule has 0 aromatic rings. The van der Waals surface area contributed by atoms with E-state index in [2.05, 4.69) is 32.6 Å². The van der Waals surface area contributed by atoms with E-state index >= 15 is 0 Å². The van der Waals surface area contributed by atoms with Gasteiger partial charge < -0.3 is 9.84 Å². The molecule has 3 heteroatoms. The normalized spacial score (nSPS) is 36.2. The lowest BCUT2D eigenvalue weighted by molar-refractivity contribution is -0.0572. The summed E-state index contributed by atoms with van der Waals surface area (Å²) >= 11 is 0. The van der Waals surface area contributed by atoms with E-state index < -0.39 is 0 Å². The van der Waals surface area contributed by atoms with Crippen LogP contribution >= 0.6 is 0 Å². The Hall–Kier alpha value is -0.120. The summed E-state index contributed by atoms with van der Waals surface area (Å²) in [6.07, 6.45) is 11.6. The predicted octanol–water partition coefficient (Wildman–Crippen LogP) is 4.62. The van der Waals surface area contributed by atoms with Gasteiger partial charge in [-0.3, -0.25) is 4.90 Å². The first-order valence-corrected chi connectivity index (χ1v) is 10.9. The summed E-state index contributed by atoms with van der Waals surface area (Å²) in [7, 11) is 0. The second kappa shape index (κ2) is 7.86. The Labute approximate surface area is 155 Å². The number of hydrogen-bond acceptors (Lipinski definition) is 3. The maximum absolute atomic E-state index is 10.5. The van der Waals surface area contributed by atoms with Gasteiger partial charge in [-0.25, -0.2) is 0 Å². The van der Waals surface area contributed by atoms with Gasteiger partial charge in [-0.15, -0.1) is 0 Å². The van der Waals surface area contributed by atoms with E-state index in [4.69, 9.17) is 4.74 Å². The average molecular weight is 352 g/mol. The molecule has 3 aliphatic rings. The molecule has 1 N–H and O–H groups in total. The van der Waals surface area contributed by atoms with Gasteiger partial charge in [-0.1, -0.05) is 47.0 Å². The highest BCUT2D eigenvalue weighted by molar-refractivity contribution is 5.11. The van der Waals surface area contributed by atoms with Crippen molar-refractivity contribution in [1.82, 2.24) is 4.90 Å². The Morgan fingerprint density at radius 3 is 2.40 bits per heavy atom. The van der Waals surface area contributed by atoms with Crippen LogP contribution in [-0.4, -0.2) is 48.0 Å². The van der Waals surface area contributed by atoms with Crippen molar-refractivity contribution in [2.24, 2.45) is 16.7 Å². The van der Waals surface area contributed by atoms with Crippen molar-refractivity contribution >= 4 is 0 Å². The second-order valence-electron chi connectivity index (χ2n) is 9.79. The van der Waals surface area contributed by atoms with Gasteiger partial charge in [0.25, 0.3) is 0 Å². The van der Waals surface area contributed by atoms with Gasteiger partial charge in [0, 0.05) is 19.2 Å². The SMILES string of the molecule is CCN(C[C@H](O)CCO[C@@H]1C[C@H]2CC[C@@]1(C)C2(C)C)C1CCCCC1. The molecule has 0 aliphatic heterocycles. The molecule has 3 aliphatic carbocycles. The summed E-state index contributed by atoms with van der Waals surface area (Å²) in [5.74, 6) is 0.828. The van der Waals surface area contributed by atoms with E-state index in [1.54, 1.807) is 0 Å². The Balaban J connectivity index is 1.41. The second-order valence-corrected chi connectivity index (χ2v) is 9.79. The lowest BCUT2D eigenvalue weighted by Gasteiger charge is -2.39. The standard InChI is InChI=1S/C22H41NO2/c1-5-23(18-9-7-6-8-10-18)16-19(24)12-14-25-20-15-17-11-13-22(20,4)21(17,2)3/h17-20,24H,5-16H2,1-4H3/t17-,19-,20-,22-/m1/s1. The number of fused-ring (bicyclic) bond motifs is 2. The van der Waals surface area contributed by atoms with Crippen molar-refractivity contribution in [3.63, 3.8) is 0 Å². The molecule has 0 aromatic heterocycles.